The van der Waals surface area contributed by atoms with E-state index in [0.717, 1.165) is 18.5 Å². The lowest BCUT2D eigenvalue weighted by Gasteiger charge is -2.26. The third-order valence-corrected chi connectivity index (χ3v) is 3.93. The summed E-state index contributed by atoms with van der Waals surface area (Å²) in [6, 6.07) is 0.0335. The second-order valence-corrected chi connectivity index (χ2v) is 5.74. The van der Waals surface area contributed by atoms with Crippen molar-refractivity contribution in [2.45, 2.75) is 45.1 Å². The molecule has 1 N–H and O–H groups in total. The number of aryl methyl sites for hydroxylation is 1. The molecular weight excluding hydrogens is 252 g/mol. The number of hydrogen-bond donors (Lipinski definition) is 1. The molecule has 1 saturated heterocycles. The Labute approximate surface area is 121 Å². The van der Waals surface area contributed by atoms with Gasteiger partial charge in [-0.1, -0.05) is 6.42 Å². The van der Waals surface area contributed by atoms with Crippen LogP contribution in [0, 0.1) is 0 Å². The van der Waals surface area contributed by atoms with Gasteiger partial charge in [0.1, 0.15) is 0 Å². The monoisotopic (exact) mass is 278 g/mol. The summed E-state index contributed by atoms with van der Waals surface area (Å²) in [5.74, 6) is 0.137. The van der Waals surface area contributed by atoms with Gasteiger partial charge in [-0.05, 0) is 45.8 Å². The standard InChI is InChI=1S/C15H26N4O/c1-13(14-11-16-18(2)12-14)17-15(20)7-6-10-19-8-4-3-5-9-19/h11-13H,3-10H2,1-2H3,(H,17,20). The molecule has 0 aromatic carbocycles. The van der Waals surface area contributed by atoms with Crippen LogP contribution in [-0.2, 0) is 11.8 Å². The van der Waals surface area contributed by atoms with Crippen molar-refractivity contribution in [2.24, 2.45) is 7.05 Å². The van der Waals surface area contributed by atoms with Gasteiger partial charge < -0.3 is 10.2 Å². The van der Waals surface area contributed by atoms with E-state index in [4.69, 9.17) is 0 Å². The molecule has 1 aromatic rings. The van der Waals surface area contributed by atoms with Crippen molar-refractivity contribution in [2.75, 3.05) is 19.6 Å². The molecule has 5 nitrogen and oxygen atoms in total. The summed E-state index contributed by atoms with van der Waals surface area (Å²) in [5.41, 5.74) is 1.05. The van der Waals surface area contributed by atoms with Gasteiger partial charge in [0.2, 0.25) is 5.91 Å². The van der Waals surface area contributed by atoms with Gasteiger partial charge in [0, 0.05) is 25.2 Å². The van der Waals surface area contributed by atoms with Crippen LogP contribution in [-0.4, -0.2) is 40.2 Å². The van der Waals surface area contributed by atoms with Gasteiger partial charge >= 0.3 is 0 Å². The number of carbonyl (C=O) groups excluding carboxylic acids is 1. The molecule has 1 aromatic heterocycles. The molecule has 0 radical (unpaired) electrons. The van der Waals surface area contributed by atoms with Crippen LogP contribution in [0.25, 0.3) is 0 Å². The number of likely N-dealkylation sites (tertiary alicyclic amines) is 1. The highest BCUT2D eigenvalue weighted by Crippen LogP contribution is 2.12. The van der Waals surface area contributed by atoms with E-state index in [9.17, 15) is 4.79 Å². The lowest BCUT2D eigenvalue weighted by atomic mass is 10.1. The lowest BCUT2D eigenvalue weighted by Crippen LogP contribution is -2.32. The number of rotatable bonds is 6. The number of carbonyl (C=O) groups is 1. The Hall–Kier alpha value is -1.36. The van der Waals surface area contributed by atoms with Gasteiger partial charge in [-0.2, -0.15) is 5.10 Å². The number of piperidine rings is 1. The van der Waals surface area contributed by atoms with E-state index in [1.165, 1.54) is 32.4 Å². The predicted octanol–water partition coefficient (Wildman–Crippen LogP) is 1.86. The largest absolute Gasteiger partial charge is 0.349 e. The zero-order chi connectivity index (χ0) is 14.4. The van der Waals surface area contributed by atoms with Gasteiger partial charge in [-0.25, -0.2) is 0 Å². The van der Waals surface area contributed by atoms with Crippen LogP contribution in [0.4, 0.5) is 0 Å². The molecule has 0 aliphatic carbocycles. The molecule has 1 fully saturated rings. The number of hydrogen-bond acceptors (Lipinski definition) is 3. The first kappa shape index (κ1) is 15.0. The van der Waals surface area contributed by atoms with Crippen LogP contribution in [0.5, 0.6) is 0 Å². The maximum atomic E-state index is 11.9. The zero-order valence-electron chi connectivity index (χ0n) is 12.6. The van der Waals surface area contributed by atoms with Crippen molar-refractivity contribution in [3.63, 3.8) is 0 Å². The Kier molecular flexibility index (Phi) is 5.59. The van der Waals surface area contributed by atoms with E-state index in [0.29, 0.717) is 6.42 Å². The van der Waals surface area contributed by atoms with Crippen LogP contribution in [0.1, 0.15) is 50.6 Å². The predicted molar refractivity (Wildman–Crippen MR) is 79.3 cm³/mol. The highest BCUT2D eigenvalue weighted by molar-refractivity contribution is 5.76. The normalized spacial score (nSPS) is 17.9. The van der Waals surface area contributed by atoms with Crippen LogP contribution in [0.2, 0.25) is 0 Å². The van der Waals surface area contributed by atoms with Crippen molar-refractivity contribution in [1.82, 2.24) is 20.0 Å². The summed E-state index contributed by atoms with van der Waals surface area (Å²) in [4.78, 5) is 14.4. The van der Waals surface area contributed by atoms with Gasteiger partial charge in [-0.3, -0.25) is 9.48 Å². The van der Waals surface area contributed by atoms with Crippen LogP contribution in [0.3, 0.4) is 0 Å². The molecule has 0 spiro atoms. The number of amides is 1. The fraction of sp³-hybridized carbons (Fsp3) is 0.733. The van der Waals surface area contributed by atoms with Crippen molar-refractivity contribution in [3.8, 4) is 0 Å². The minimum absolute atomic E-state index is 0.0335. The maximum absolute atomic E-state index is 11.9. The van der Waals surface area contributed by atoms with Gasteiger partial charge in [0.05, 0.1) is 12.2 Å². The van der Waals surface area contributed by atoms with Crippen LogP contribution >= 0.6 is 0 Å². The molecular formula is C15H26N4O. The van der Waals surface area contributed by atoms with E-state index in [1.54, 1.807) is 10.9 Å². The fourth-order valence-electron chi connectivity index (χ4n) is 2.71. The summed E-state index contributed by atoms with van der Waals surface area (Å²) >= 11 is 0. The summed E-state index contributed by atoms with van der Waals surface area (Å²) in [6.45, 7) is 5.45. The zero-order valence-corrected chi connectivity index (χ0v) is 12.6. The van der Waals surface area contributed by atoms with E-state index < -0.39 is 0 Å². The molecule has 0 bridgehead atoms. The van der Waals surface area contributed by atoms with Gasteiger partial charge in [0.15, 0.2) is 0 Å². The van der Waals surface area contributed by atoms with Gasteiger partial charge in [-0.15, -0.1) is 0 Å². The molecule has 20 heavy (non-hydrogen) atoms. The molecule has 2 rings (SSSR count). The Morgan fingerprint density at radius 1 is 1.40 bits per heavy atom. The van der Waals surface area contributed by atoms with Crippen molar-refractivity contribution < 1.29 is 4.79 Å². The fourth-order valence-corrected chi connectivity index (χ4v) is 2.71. The van der Waals surface area contributed by atoms with Gasteiger partial charge in [0.25, 0.3) is 0 Å². The minimum atomic E-state index is 0.0335. The average Bonchev–Trinajstić information content (AvgIpc) is 2.87. The van der Waals surface area contributed by atoms with E-state index in [2.05, 4.69) is 15.3 Å². The molecule has 1 atom stereocenters. The molecule has 1 aliphatic rings. The minimum Gasteiger partial charge on any atom is -0.349 e. The smallest absolute Gasteiger partial charge is 0.220 e. The molecule has 1 aliphatic heterocycles. The summed E-state index contributed by atoms with van der Waals surface area (Å²) in [7, 11) is 1.89. The molecule has 0 saturated carbocycles. The Balaban J connectivity index is 1.64. The highest BCUT2D eigenvalue weighted by atomic mass is 16.1. The first-order valence-corrected chi connectivity index (χ1v) is 7.65. The van der Waals surface area contributed by atoms with Crippen molar-refractivity contribution >= 4 is 5.91 Å². The summed E-state index contributed by atoms with van der Waals surface area (Å²) in [5, 5.41) is 7.16. The third kappa shape index (κ3) is 4.63. The Bertz CT molecular complexity index is 423. The summed E-state index contributed by atoms with van der Waals surface area (Å²) < 4.78 is 1.76. The lowest BCUT2D eigenvalue weighted by molar-refractivity contribution is -0.121. The van der Waals surface area contributed by atoms with Crippen LogP contribution in [0.15, 0.2) is 12.4 Å². The second-order valence-electron chi connectivity index (χ2n) is 5.74. The van der Waals surface area contributed by atoms with Crippen molar-refractivity contribution in [1.29, 1.82) is 0 Å². The van der Waals surface area contributed by atoms with Crippen molar-refractivity contribution in [3.05, 3.63) is 18.0 Å². The highest BCUT2D eigenvalue weighted by Gasteiger charge is 2.13. The second kappa shape index (κ2) is 7.43. The molecule has 2 heterocycles. The van der Waals surface area contributed by atoms with E-state index >= 15 is 0 Å². The Morgan fingerprint density at radius 3 is 2.80 bits per heavy atom. The molecule has 5 heteroatoms. The quantitative estimate of drug-likeness (QED) is 0.864. The first-order chi connectivity index (χ1) is 9.65. The van der Waals surface area contributed by atoms with Crippen LogP contribution < -0.4 is 5.32 Å². The molecule has 1 unspecified atom stereocenters. The Morgan fingerprint density at radius 2 is 2.15 bits per heavy atom. The first-order valence-electron chi connectivity index (χ1n) is 7.65. The number of nitrogens with zero attached hydrogens (tertiary/aromatic N) is 3. The summed E-state index contributed by atoms with van der Waals surface area (Å²) in [6.07, 6.45) is 9.29. The SMILES string of the molecule is CC(NC(=O)CCCN1CCCCC1)c1cnn(C)c1. The average molecular weight is 278 g/mol. The number of nitrogens with one attached hydrogen (secondary N) is 1. The van der Waals surface area contributed by atoms with E-state index in [1.807, 2.05) is 20.2 Å². The maximum Gasteiger partial charge on any atom is 0.220 e. The van der Waals surface area contributed by atoms with E-state index in [-0.39, 0.29) is 11.9 Å². The molecule has 112 valence electrons. The topological polar surface area (TPSA) is 50.2 Å². The molecule has 1 amide bonds. The third-order valence-electron chi connectivity index (χ3n) is 3.93. The number of aromatic nitrogens is 2.